The van der Waals surface area contributed by atoms with Crippen molar-refractivity contribution < 1.29 is 9.84 Å². The van der Waals surface area contributed by atoms with Gasteiger partial charge in [-0.3, -0.25) is 5.01 Å². The molecule has 0 spiro atoms. The molecule has 1 aromatic rings. The van der Waals surface area contributed by atoms with E-state index in [9.17, 15) is 5.11 Å². The highest BCUT2D eigenvalue weighted by Gasteiger charge is 2.06. The Hall–Kier alpha value is -1.55. The number of hydrazone groups is 1. The Bertz CT molecular complexity index is 346. The molecule has 1 N–H and O–H groups in total. The molecule has 1 aromatic carbocycles. The van der Waals surface area contributed by atoms with Crippen LogP contribution in [0.1, 0.15) is 5.56 Å². The van der Waals surface area contributed by atoms with Crippen LogP contribution in [-0.2, 0) is 4.74 Å². The van der Waals surface area contributed by atoms with Crippen molar-refractivity contribution in [2.24, 2.45) is 5.10 Å². The van der Waals surface area contributed by atoms with Crippen LogP contribution in [0.25, 0.3) is 0 Å². The van der Waals surface area contributed by atoms with Gasteiger partial charge >= 0.3 is 0 Å². The number of rotatable bonds is 2. The third-order valence-electron chi connectivity index (χ3n) is 2.28. The van der Waals surface area contributed by atoms with Gasteiger partial charge in [0.15, 0.2) is 0 Å². The van der Waals surface area contributed by atoms with Crippen molar-refractivity contribution in [3.63, 3.8) is 0 Å². The largest absolute Gasteiger partial charge is 0.507 e. The molecule has 2 rings (SSSR count). The lowest BCUT2D eigenvalue weighted by Crippen LogP contribution is -2.32. The summed E-state index contributed by atoms with van der Waals surface area (Å²) in [4.78, 5) is 0. The minimum atomic E-state index is 0.259. The van der Waals surface area contributed by atoms with Gasteiger partial charge in [0.1, 0.15) is 5.75 Å². The number of phenols is 1. The number of benzene rings is 1. The van der Waals surface area contributed by atoms with Gasteiger partial charge in [-0.25, -0.2) is 0 Å². The third kappa shape index (κ3) is 2.70. The standard InChI is InChI=1S/C11H14N2O2/c14-11-4-2-1-3-10(11)9-12-13-5-7-15-8-6-13/h1-4,9,14H,5-8H2/b12-9-. The number of ether oxygens (including phenoxy) is 1. The second-order valence-electron chi connectivity index (χ2n) is 3.37. The number of aromatic hydroxyl groups is 1. The molecule has 1 aliphatic rings. The molecule has 0 radical (unpaired) electrons. The fourth-order valence-corrected chi connectivity index (χ4v) is 1.41. The molecule has 0 amide bonds. The highest BCUT2D eigenvalue weighted by molar-refractivity contribution is 5.82. The minimum Gasteiger partial charge on any atom is -0.507 e. The molecule has 0 saturated carbocycles. The van der Waals surface area contributed by atoms with Crippen LogP contribution in [0.4, 0.5) is 0 Å². The molecular formula is C11H14N2O2. The van der Waals surface area contributed by atoms with E-state index < -0.39 is 0 Å². The minimum absolute atomic E-state index is 0.259. The van der Waals surface area contributed by atoms with Gasteiger partial charge in [0, 0.05) is 5.56 Å². The normalized spacial score (nSPS) is 17.2. The number of morpholine rings is 1. The van der Waals surface area contributed by atoms with Crippen LogP contribution in [0, 0.1) is 0 Å². The highest BCUT2D eigenvalue weighted by Crippen LogP contribution is 2.13. The van der Waals surface area contributed by atoms with Gasteiger partial charge in [-0.05, 0) is 12.1 Å². The van der Waals surface area contributed by atoms with Crippen molar-refractivity contribution >= 4 is 6.21 Å². The molecule has 1 saturated heterocycles. The average Bonchev–Trinajstić information content (AvgIpc) is 2.29. The van der Waals surface area contributed by atoms with E-state index in [0.717, 1.165) is 31.9 Å². The zero-order chi connectivity index (χ0) is 10.5. The summed E-state index contributed by atoms with van der Waals surface area (Å²) in [5.41, 5.74) is 0.740. The fraction of sp³-hybridized carbons (Fsp3) is 0.364. The summed E-state index contributed by atoms with van der Waals surface area (Å²) in [5, 5.41) is 15.7. The zero-order valence-electron chi connectivity index (χ0n) is 8.47. The Morgan fingerprint density at radius 1 is 1.27 bits per heavy atom. The Balaban J connectivity index is 2.01. The summed E-state index contributed by atoms with van der Waals surface area (Å²) in [6, 6.07) is 7.15. The Labute approximate surface area is 88.8 Å². The van der Waals surface area contributed by atoms with Gasteiger partial charge in [-0.15, -0.1) is 0 Å². The van der Waals surface area contributed by atoms with Crippen LogP contribution in [0.5, 0.6) is 5.75 Å². The second-order valence-corrected chi connectivity index (χ2v) is 3.37. The van der Waals surface area contributed by atoms with Gasteiger partial charge in [-0.1, -0.05) is 12.1 Å². The van der Waals surface area contributed by atoms with Gasteiger partial charge in [0.05, 0.1) is 32.5 Å². The molecule has 4 nitrogen and oxygen atoms in total. The number of phenolic OH excluding ortho intramolecular Hbond substituents is 1. The summed E-state index contributed by atoms with van der Waals surface area (Å²) < 4.78 is 5.21. The zero-order valence-corrected chi connectivity index (χ0v) is 8.47. The van der Waals surface area contributed by atoms with E-state index in [-0.39, 0.29) is 5.75 Å². The van der Waals surface area contributed by atoms with Crippen LogP contribution in [0.15, 0.2) is 29.4 Å². The van der Waals surface area contributed by atoms with E-state index in [2.05, 4.69) is 5.10 Å². The fourth-order valence-electron chi connectivity index (χ4n) is 1.41. The summed E-state index contributed by atoms with van der Waals surface area (Å²) >= 11 is 0. The van der Waals surface area contributed by atoms with Crippen molar-refractivity contribution in [1.29, 1.82) is 0 Å². The van der Waals surface area contributed by atoms with Gasteiger partial charge in [-0.2, -0.15) is 5.10 Å². The van der Waals surface area contributed by atoms with E-state index in [1.54, 1.807) is 18.3 Å². The number of para-hydroxylation sites is 1. The second kappa shape index (κ2) is 4.79. The highest BCUT2D eigenvalue weighted by atomic mass is 16.5. The van der Waals surface area contributed by atoms with E-state index in [1.165, 1.54) is 0 Å². The van der Waals surface area contributed by atoms with Crippen LogP contribution in [-0.4, -0.2) is 42.6 Å². The molecule has 80 valence electrons. The van der Waals surface area contributed by atoms with Crippen LogP contribution >= 0.6 is 0 Å². The Kier molecular flexibility index (Phi) is 3.19. The number of hydrogen-bond donors (Lipinski definition) is 1. The van der Waals surface area contributed by atoms with Gasteiger partial charge in [0.2, 0.25) is 0 Å². The predicted molar refractivity (Wildman–Crippen MR) is 58.1 cm³/mol. The lowest BCUT2D eigenvalue weighted by molar-refractivity contribution is 0.0397. The third-order valence-corrected chi connectivity index (χ3v) is 2.28. The van der Waals surface area contributed by atoms with E-state index in [1.807, 2.05) is 17.1 Å². The maximum atomic E-state index is 9.51. The van der Waals surface area contributed by atoms with Crippen LogP contribution in [0.3, 0.4) is 0 Å². The molecule has 1 fully saturated rings. The molecule has 0 unspecified atom stereocenters. The first-order valence-corrected chi connectivity index (χ1v) is 5.01. The summed E-state index contributed by atoms with van der Waals surface area (Å²) in [6.07, 6.45) is 1.68. The first-order valence-electron chi connectivity index (χ1n) is 5.01. The van der Waals surface area contributed by atoms with Crippen LogP contribution < -0.4 is 0 Å². The van der Waals surface area contributed by atoms with Crippen molar-refractivity contribution in [2.75, 3.05) is 26.3 Å². The summed E-state index contributed by atoms with van der Waals surface area (Å²) in [5.74, 6) is 0.259. The molecule has 4 heteroatoms. The lowest BCUT2D eigenvalue weighted by Gasteiger charge is -2.23. The molecule has 1 heterocycles. The monoisotopic (exact) mass is 206 g/mol. The van der Waals surface area contributed by atoms with Crippen molar-refractivity contribution in [1.82, 2.24) is 5.01 Å². The molecule has 0 atom stereocenters. The Morgan fingerprint density at radius 3 is 2.73 bits per heavy atom. The Morgan fingerprint density at radius 2 is 2.00 bits per heavy atom. The number of nitrogens with zero attached hydrogens (tertiary/aromatic N) is 2. The van der Waals surface area contributed by atoms with E-state index in [0.29, 0.717) is 0 Å². The maximum absolute atomic E-state index is 9.51. The molecule has 0 bridgehead atoms. The van der Waals surface area contributed by atoms with Gasteiger partial charge in [0.25, 0.3) is 0 Å². The van der Waals surface area contributed by atoms with Crippen molar-refractivity contribution in [3.05, 3.63) is 29.8 Å². The molecule has 0 aromatic heterocycles. The molecule has 15 heavy (non-hydrogen) atoms. The van der Waals surface area contributed by atoms with Crippen LogP contribution in [0.2, 0.25) is 0 Å². The predicted octanol–water partition coefficient (Wildman–Crippen LogP) is 1.06. The maximum Gasteiger partial charge on any atom is 0.124 e. The quantitative estimate of drug-likeness (QED) is 0.736. The molecular weight excluding hydrogens is 192 g/mol. The number of hydrogen-bond acceptors (Lipinski definition) is 4. The average molecular weight is 206 g/mol. The van der Waals surface area contributed by atoms with E-state index >= 15 is 0 Å². The topological polar surface area (TPSA) is 45.1 Å². The van der Waals surface area contributed by atoms with Crippen molar-refractivity contribution in [3.8, 4) is 5.75 Å². The SMILES string of the molecule is Oc1ccccc1/C=N\N1CCOCC1. The van der Waals surface area contributed by atoms with E-state index in [4.69, 9.17) is 4.74 Å². The summed E-state index contributed by atoms with van der Waals surface area (Å²) in [6.45, 7) is 3.06. The first-order chi connectivity index (χ1) is 7.36. The first kappa shape index (κ1) is 9.98. The van der Waals surface area contributed by atoms with Gasteiger partial charge < -0.3 is 9.84 Å². The molecule has 1 aliphatic heterocycles. The summed E-state index contributed by atoms with van der Waals surface area (Å²) in [7, 11) is 0. The molecule has 0 aliphatic carbocycles. The lowest BCUT2D eigenvalue weighted by atomic mass is 10.2. The smallest absolute Gasteiger partial charge is 0.124 e. The van der Waals surface area contributed by atoms with Crippen molar-refractivity contribution in [2.45, 2.75) is 0 Å².